The monoisotopic (exact) mass is 287 g/mol. The first-order chi connectivity index (χ1) is 7.59. The summed E-state index contributed by atoms with van der Waals surface area (Å²) in [4.78, 5) is 24.3. The van der Waals surface area contributed by atoms with Crippen LogP contribution in [-0.4, -0.2) is 34.5 Å². The molecular weight excluding hydrogens is 278 g/mol. The Bertz CT molecular complexity index is 428. The highest BCUT2D eigenvalue weighted by atomic mass is 79.9. The molecule has 0 aliphatic carbocycles. The highest BCUT2D eigenvalue weighted by molar-refractivity contribution is 9.10. The maximum absolute atomic E-state index is 12.0. The Hall–Kier alpha value is -1.30. The van der Waals surface area contributed by atoms with Gasteiger partial charge < -0.3 is 14.4 Å². The number of carboxylic acid groups (broad SMARTS) is 1. The van der Waals surface area contributed by atoms with E-state index in [0.717, 1.165) is 6.42 Å². The quantitative estimate of drug-likeness (QED) is 0.899. The number of rotatable bonds is 2. The number of furan rings is 1. The van der Waals surface area contributed by atoms with E-state index in [1.54, 1.807) is 6.07 Å². The molecule has 1 atom stereocenters. The number of likely N-dealkylation sites (tertiary alicyclic amines) is 1. The minimum Gasteiger partial charge on any atom is -0.480 e. The van der Waals surface area contributed by atoms with Crippen LogP contribution in [0.5, 0.6) is 0 Å². The molecule has 0 saturated carbocycles. The zero-order chi connectivity index (χ0) is 11.7. The molecule has 0 radical (unpaired) electrons. The van der Waals surface area contributed by atoms with Gasteiger partial charge in [0, 0.05) is 12.6 Å². The third kappa shape index (κ3) is 1.97. The topological polar surface area (TPSA) is 70.8 Å². The summed E-state index contributed by atoms with van der Waals surface area (Å²) in [5, 5.41) is 8.96. The highest BCUT2D eigenvalue weighted by Gasteiger charge is 2.34. The molecule has 1 aliphatic rings. The molecule has 1 saturated heterocycles. The molecule has 0 aromatic carbocycles. The fraction of sp³-hybridized carbons (Fsp3) is 0.400. The van der Waals surface area contributed by atoms with Crippen molar-refractivity contribution in [2.75, 3.05) is 6.54 Å². The zero-order valence-electron chi connectivity index (χ0n) is 8.35. The molecule has 6 heteroatoms. The predicted octanol–water partition coefficient (Wildman–Crippen LogP) is 1.73. The summed E-state index contributed by atoms with van der Waals surface area (Å²) in [6.07, 6.45) is 2.56. The average Bonchev–Trinajstić information content (AvgIpc) is 2.84. The van der Waals surface area contributed by atoms with Gasteiger partial charge in [-0.25, -0.2) is 4.79 Å². The molecule has 86 valence electrons. The highest BCUT2D eigenvalue weighted by Crippen LogP contribution is 2.22. The number of hydrogen-bond donors (Lipinski definition) is 1. The van der Waals surface area contributed by atoms with Gasteiger partial charge in [-0.05, 0) is 28.8 Å². The summed E-state index contributed by atoms with van der Waals surface area (Å²) in [5.74, 6) is -1.24. The summed E-state index contributed by atoms with van der Waals surface area (Å²) in [6, 6.07) is 0.834. The van der Waals surface area contributed by atoms with Crippen molar-refractivity contribution in [3.63, 3.8) is 0 Å². The van der Waals surface area contributed by atoms with Crippen molar-refractivity contribution in [1.29, 1.82) is 0 Å². The lowest BCUT2D eigenvalue weighted by molar-refractivity contribution is -0.141. The van der Waals surface area contributed by atoms with Crippen molar-refractivity contribution < 1.29 is 19.1 Å². The van der Waals surface area contributed by atoms with Gasteiger partial charge in [0.2, 0.25) is 0 Å². The van der Waals surface area contributed by atoms with E-state index in [0.29, 0.717) is 23.2 Å². The van der Waals surface area contributed by atoms with Gasteiger partial charge in [-0.2, -0.15) is 0 Å². The van der Waals surface area contributed by atoms with Crippen LogP contribution < -0.4 is 0 Å². The third-order valence-electron chi connectivity index (χ3n) is 2.61. The van der Waals surface area contributed by atoms with Crippen molar-refractivity contribution in [3.05, 3.63) is 22.6 Å². The van der Waals surface area contributed by atoms with Gasteiger partial charge in [0.1, 0.15) is 12.3 Å². The van der Waals surface area contributed by atoms with Gasteiger partial charge >= 0.3 is 5.97 Å². The van der Waals surface area contributed by atoms with Crippen LogP contribution in [0.4, 0.5) is 0 Å². The number of halogens is 1. The van der Waals surface area contributed by atoms with E-state index in [4.69, 9.17) is 9.52 Å². The first kappa shape index (κ1) is 11.2. The molecular formula is C10H10BrNO4. The molecule has 2 rings (SSSR count). The first-order valence-corrected chi connectivity index (χ1v) is 5.66. The number of hydrogen-bond acceptors (Lipinski definition) is 3. The van der Waals surface area contributed by atoms with Gasteiger partial charge in [0.05, 0.1) is 5.56 Å². The van der Waals surface area contributed by atoms with Crippen LogP contribution >= 0.6 is 15.9 Å². The van der Waals surface area contributed by atoms with E-state index < -0.39 is 12.0 Å². The zero-order valence-corrected chi connectivity index (χ0v) is 9.94. The molecule has 0 unspecified atom stereocenters. The summed E-state index contributed by atoms with van der Waals surface area (Å²) in [7, 11) is 0. The Balaban J connectivity index is 2.18. The Morgan fingerprint density at radius 2 is 2.31 bits per heavy atom. The van der Waals surface area contributed by atoms with Gasteiger partial charge in [-0.15, -0.1) is 0 Å². The van der Waals surface area contributed by atoms with Crippen molar-refractivity contribution >= 4 is 27.8 Å². The number of carbonyl (C=O) groups is 2. The Labute approximate surface area is 100 Å². The number of aliphatic carboxylic acids is 1. The van der Waals surface area contributed by atoms with Crippen LogP contribution in [0.15, 0.2) is 21.4 Å². The van der Waals surface area contributed by atoms with Crippen molar-refractivity contribution in [1.82, 2.24) is 4.90 Å². The normalized spacial score (nSPS) is 20.1. The molecule has 2 heterocycles. The standard InChI is InChI=1S/C10H10BrNO4/c11-8-4-6(5-16-8)9(13)12-3-1-2-7(12)10(14)15/h4-5,7H,1-3H2,(H,14,15)/t7-/m0/s1. The second-order valence-corrected chi connectivity index (χ2v) is 4.42. The minimum atomic E-state index is -0.951. The summed E-state index contributed by atoms with van der Waals surface area (Å²) >= 11 is 3.10. The van der Waals surface area contributed by atoms with E-state index in [1.165, 1.54) is 11.2 Å². The van der Waals surface area contributed by atoms with Gasteiger partial charge in [-0.3, -0.25) is 4.79 Å². The van der Waals surface area contributed by atoms with Gasteiger partial charge in [0.25, 0.3) is 5.91 Å². The summed E-state index contributed by atoms with van der Waals surface area (Å²) in [5.41, 5.74) is 0.375. The molecule has 1 aromatic rings. The fourth-order valence-electron chi connectivity index (χ4n) is 1.85. The maximum atomic E-state index is 12.0. The molecule has 1 aliphatic heterocycles. The van der Waals surface area contributed by atoms with Crippen molar-refractivity contribution in [2.45, 2.75) is 18.9 Å². The second kappa shape index (κ2) is 4.29. The summed E-state index contributed by atoms with van der Waals surface area (Å²) < 4.78 is 5.42. The van der Waals surface area contributed by atoms with E-state index in [9.17, 15) is 9.59 Å². The summed E-state index contributed by atoms with van der Waals surface area (Å²) in [6.45, 7) is 0.485. The predicted molar refractivity (Wildman–Crippen MR) is 58.1 cm³/mol. The molecule has 1 fully saturated rings. The number of amides is 1. The number of nitrogens with zero attached hydrogens (tertiary/aromatic N) is 1. The number of carboxylic acids is 1. The molecule has 1 aromatic heterocycles. The first-order valence-electron chi connectivity index (χ1n) is 4.87. The lowest BCUT2D eigenvalue weighted by Crippen LogP contribution is -2.40. The Kier molecular flexibility index (Phi) is 3.00. The van der Waals surface area contributed by atoms with Crippen molar-refractivity contribution in [2.24, 2.45) is 0 Å². The molecule has 16 heavy (non-hydrogen) atoms. The maximum Gasteiger partial charge on any atom is 0.326 e. The molecule has 0 spiro atoms. The fourth-order valence-corrected chi connectivity index (χ4v) is 2.19. The van der Waals surface area contributed by atoms with Crippen LogP contribution in [0.25, 0.3) is 0 Å². The molecule has 0 bridgehead atoms. The smallest absolute Gasteiger partial charge is 0.326 e. The van der Waals surface area contributed by atoms with E-state index >= 15 is 0 Å². The van der Waals surface area contributed by atoms with Crippen LogP contribution in [0, 0.1) is 0 Å². The SMILES string of the molecule is O=C(O)[C@@H]1CCCN1C(=O)c1coc(Br)c1. The van der Waals surface area contributed by atoms with Gasteiger partial charge in [0.15, 0.2) is 4.67 Å². The van der Waals surface area contributed by atoms with Crippen LogP contribution in [0.1, 0.15) is 23.2 Å². The molecule has 5 nitrogen and oxygen atoms in total. The molecule has 1 amide bonds. The second-order valence-electron chi connectivity index (χ2n) is 3.63. The largest absolute Gasteiger partial charge is 0.480 e. The van der Waals surface area contributed by atoms with Crippen LogP contribution in [-0.2, 0) is 4.79 Å². The number of carbonyl (C=O) groups excluding carboxylic acids is 1. The average molecular weight is 288 g/mol. The minimum absolute atomic E-state index is 0.292. The van der Waals surface area contributed by atoms with E-state index in [2.05, 4.69) is 15.9 Å². The van der Waals surface area contributed by atoms with Crippen LogP contribution in [0.3, 0.4) is 0 Å². The molecule has 1 N–H and O–H groups in total. The third-order valence-corrected chi connectivity index (χ3v) is 3.03. The Morgan fingerprint density at radius 1 is 1.56 bits per heavy atom. The van der Waals surface area contributed by atoms with Gasteiger partial charge in [-0.1, -0.05) is 0 Å². The van der Waals surface area contributed by atoms with Crippen molar-refractivity contribution in [3.8, 4) is 0 Å². The van der Waals surface area contributed by atoms with Crippen LogP contribution in [0.2, 0.25) is 0 Å². The lowest BCUT2D eigenvalue weighted by atomic mass is 10.2. The van der Waals surface area contributed by atoms with E-state index in [1.807, 2.05) is 0 Å². The Morgan fingerprint density at radius 3 is 2.88 bits per heavy atom. The van der Waals surface area contributed by atoms with E-state index in [-0.39, 0.29) is 5.91 Å². The lowest BCUT2D eigenvalue weighted by Gasteiger charge is -2.20.